The normalized spacial score (nSPS) is 11.0. The average Bonchev–Trinajstić information content (AvgIpc) is 3.28. The van der Waals surface area contributed by atoms with Gasteiger partial charge in [-0.15, -0.1) is 0 Å². The molecule has 0 atom stereocenters. The Balaban J connectivity index is 1.50. The molecule has 4 aromatic rings. The fourth-order valence-corrected chi connectivity index (χ4v) is 3.69. The zero-order valence-corrected chi connectivity index (χ0v) is 16.6. The summed E-state index contributed by atoms with van der Waals surface area (Å²) in [4.78, 5) is 40.3. The van der Waals surface area contributed by atoms with Crippen LogP contribution in [0, 0.1) is 6.92 Å². The van der Waals surface area contributed by atoms with E-state index in [4.69, 9.17) is 9.47 Å². The molecular weight excluding hydrogens is 384 g/mol. The van der Waals surface area contributed by atoms with Crippen molar-refractivity contribution >= 4 is 39.5 Å². The van der Waals surface area contributed by atoms with Crippen molar-refractivity contribution in [2.24, 2.45) is 0 Å². The van der Waals surface area contributed by atoms with E-state index in [0.717, 1.165) is 16.6 Å². The third-order valence-corrected chi connectivity index (χ3v) is 5.03. The van der Waals surface area contributed by atoms with E-state index in [0.29, 0.717) is 22.0 Å². The van der Waals surface area contributed by atoms with Gasteiger partial charge in [0.25, 0.3) is 0 Å². The summed E-state index contributed by atoms with van der Waals surface area (Å²) in [6.07, 6.45) is 1.56. The molecule has 152 valence electrons. The van der Waals surface area contributed by atoms with Crippen LogP contribution in [-0.4, -0.2) is 41.0 Å². The lowest BCUT2D eigenvalue weighted by atomic mass is 10.1. The Hall–Kier alpha value is -3.87. The number of hydrogen-bond acceptors (Lipinski definition) is 5. The van der Waals surface area contributed by atoms with E-state index in [-0.39, 0.29) is 18.9 Å². The Bertz CT molecular complexity index is 1280. The predicted molar refractivity (Wildman–Crippen MR) is 112 cm³/mol. The van der Waals surface area contributed by atoms with Crippen LogP contribution in [0.25, 0.3) is 21.8 Å². The Labute approximate surface area is 172 Å². The van der Waals surface area contributed by atoms with Crippen LogP contribution in [0.5, 0.6) is 0 Å². The SMILES string of the molecule is COC(=O)c1cn(CC(=O)OCC(=O)c2c(C)[nH]c3ccccc23)c2ccccc12. The van der Waals surface area contributed by atoms with Crippen molar-refractivity contribution in [3.63, 3.8) is 0 Å². The van der Waals surface area contributed by atoms with Gasteiger partial charge >= 0.3 is 11.9 Å². The number of fused-ring (bicyclic) bond motifs is 2. The number of rotatable bonds is 6. The number of para-hydroxylation sites is 2. The van der Waals surface area contributed by atoms with Crippen molar-refractivity contribution in [2.75, 3.05) is 13.7 Å². The number of H-pyrrole nitrogens is 1. The van der Waals surface area contributed by atoms with E-state index in [1.807, 2.05) is 37.3 Å². The lowest BCUT2D eigenvalue weighted by Gasteiger charge is -2.07. The number of benzene rings is 2. The molecule has 0 aliphatic rings. The Morgan fingerprint density at radius 2 is 1.70 bits per heavy atom. The summed E-state index contributed by atoms with van der Waals surface area (Å²) in [6.45, 7) is 1.33. The van der Waals surface area contributed by atoms with Gasteiger partial charge in [0.15, 0.2) is 6.61 Å². The second-order valence-electron chi connectivity index (χ2n) is 6.93. The number of aromatic nitrogens is 2. The van der Waals surface area contributed by atoms with Crippen LogP contribution in [0.2, 0.25) is 0 Å². The standard InChI is InChI=1S/C23H20N2O5/c1-14-22(16-8-3-5-9-18(16)24-14)20(26)13-30-21(27)12-25-11-17(23(28)29-2)15-7-4-6-10-19(15)25/h3-11,24H,12-13H2,1-2H3. The lowest BCUT2D eigenvalue weighted by Crippen LogP contribution is -2.18. The third-order valence-electron chi connectivity index (χ3n) is 5.03. The smallest absolute Gasteiger partial charge is 0.340 e. The molecule has 0 unspecified atom stereocenters. The van der Waals surface area contributed by atoms with Crippen LogP contribution in [-0.2, 0) is 20.8 Å². The van der Waals surface area contributed by atoms with Crippen molar-refractivity contribution in [1.29, 1.82) is 0 Å². The second-order valence-corrected chi connectivity index (χ2v) is 6.93. The molecule has 7 heteroatoms. The highest BCUT2D eigenvalue weighted by molar-refractivity contribution is 6.10. The third kappa shape index (κ3) is 3.45. The number of aryl methyl sites for hydroxylation is 1. The summed E-state index contributed by atoms with van der Waals surface area (Å²) in [5.74, 6) is -1.33. The van der Waals surface area contributed by atoms with E-state index in [9.17, 15) is 14.4 Å². The summed E-state index contributed by atoms with van der Waals surface area (Å²) >= 11 is 0. The summed E-state index contributed by atoms with van der Waals surface area (Å²) < 4.78 is 11.7. The minimum atomic E-state index is -0.571. The molecule has 2 aromatic carbocycles. The maximum atomic E-state index is 12.7. The van der Waals surface area contributed by atoms with Crippen LogP contribution in [0.4, 0.5) is 0 Å². The summed E-state index contributed by atoms with van der Waals surface area (Å²) in [7, 11) is 1.31. The summed E-state index contributed by atoms with van der Waals surface area (Å²) in [5, 5.41) is 1.48. The zero-order chi connectivity index (χ0) is 21.3. The second kappa shape index (κ2) is 7.87. The van der Waals surface area contributed by atoms with Crippen molar-refractivity contribution < 1.29 is 23.9 Å². The van der Waals surface area contributed by atoms with E-state index >= 15 is 0 Å². The van der Waals surface area contributed by atoms with Gasteiger partial charge in [0.05, 0.1) is 12.7 Å². The minimum absolute atomic E-state index is 0.127. The van der Waals surface area contributed by atoms with Gasteiger partial charge in [-0.05, 0) is 19.1 Å². The molecule has 0 radical (unpaired) electrons. The minimum Gasteiger partial charge on any atom is -0.465 e. The summed E-state index contributed by atoms with van der Waals surface area (Å²) in [5.41, 5.74) is 3.19. The van der Waals surface area contributed by atoms with Crippen LogP contribution < -0.4 is 0 Å². The number of ether oxygens (including phenoxy) is 2. The number of hydrogen-bond donors (Lipinski definition) is 1. The Kier molecular flexibility index (Phi) is 5.10. The zero-order valence-electron chi connectivity index (χ0n) is 16.6. The summed E-state index contributed by atoms with van der Waals surface area (Å²) in [6, 6.07) is 14.7. The first kappa shape index (κ1) is 19.4. The Morgan fingerprint density at radius 1 is 1.00 bits per heavy atom. The number of nitrogens with one attached hydrogen (secondary N) is 1. The average molecular weight is 404 g/mol. The highest BCUT2D eigenvalue weighted by Crippen LogP contribution is 2.23. The molecule has 4 rings (SSSR count). The van der Waals surface area contributed by atoms with Crippen molar-refractivity contribution in [3.8, 4) is 0 Å². The number of aromatic amines is 1. The number of Topliss-reactive ketones (excluding diaryl/α,β-unsaturated/α-hetero) is 1. The first-order valence-corrected chi connectivity index (χ1v) is 9.42. The molecule has 0 amide bonds. The molecule has 0 bridgehead atoms. The Morgan fingerprint density at radius 3 is 2.47 bits per heavy atom. The van der Waals surface area contributed by atoms with Gasteiger partial charge in [0.1, 0.15) is 6.54 Å². The molecule has 7 nitrogen and oxygen atoms in total. The first-order valence-electron chi connectivity index (χ1n) is 9.42. The van der Waals surface area contributed by atoms with Gasteiger partial charge in [0.2, 0.25) is 5.78 Å². The molecule has 0 spiro atoms. The topological polar surface area (TPSA) is 90.4 Å². The van der Waals surface area contributed by atoms with Crippen LogP contribution in [0.3, 0.4) is 0 Å². The molecule has 0 aliphatic heterocycles. The van der Waals surface area contributed by atoms with Crippen molar-refractivity contribution in [2.45, 2.75) is 13.5 Å². The molecule has 2 heterocycles. The van der Waals surface area contributed by atoms with E-state index in [2.05, 4.69) is 4.98 Å². The highest BCUT2D eigenvalue weighted by Gasteiger charge is 2.19. The molecular formula is C23H20N2O5. The van der Waals surface area contributed by atoms with Crippen LogP contribution >= 0.6 is 0 Å². The van der Waals surface area contributed by atoms with Gasteiger partial charge < -0.3 is 19.0 Å². The number of carbonyl (C=O) groups excluding carboxylic acids is 3. The first-order chi connectivity index (χ1) is 14.5. The van der Waals surface area contributed by atoms with E-state index < -0.39 is 11.9 Å². The number of carbonyl (C=O) groups is 3. The van der Waals surface area contributed by atoms with Crippen molar-refractivity contribution in [1.82, 2.24) is 9.55 Å². The fraction of sp³-hybridized carbons (Fsp3) is 0.174. The predicted octanol–water partition coefficient (Wildman–Crippen LogP) is 3.64. The van der Waals surface area contributed by atoms with Crippen molar-refractivity contribution in [3.05, 3.63) is 71.5 Å². The van der Waals surface area contributed by atoms with E-state index in [1.165, 1.54) is 7.11 Å². The molecule has 30 heavy (non-hydrogen) atoms. The lowest BCUT2D eigenvalue weighted by molar-refractivity contribution is -0.143. The van der Waals surface area contributed by atoms with Gasteiger partial charge in [-0.25, -0.2) is 4.79 Å². The quantitative estimate of drug-likeness (QED) is 0.391. The van der Waals surface area contributed by atoms with E-state index in [1.54, 1.807) is 29.0 Å². The van der Waals surface area contributed by atoms with Gasteiger partial charge in [-0.3, -0.25) is 9.59 Å². The number of methoxy groups -OCH3 is 1. The number of esters is 2. The monoisotopic (exact) mass is 404 g/mol. The largest absolute Gasteiger partial charge is 0.465 e. The number of nitrogens with zero attached hydrogens (tertiary/aromatic N) is 1. The van der Waals surface area contributed by atoms with Crippen LogP contribution in [0.15, 0.2) is 54.7 Å². The maximum Gasteiger partial charge on any atom is 0.340 e. The molecule has 0 saturated carbocycles. The molecule has 0 aliphatic carbocycles. The molecule has 0 fully saturated rings. The highest BCUT2D eigenvalue weighted by atomic mass is 16.5. The molecule has 0 saturated heterocycles. The fourth-order valence-electron chi connectivity index (χ4n) is 3.69. The van der Waals surface area contributed by atoms with Gasteiger partial charge in [-0.2, -0.15) is 0 Å². The molecule has 1 N–H and O–H groups in total. The van der Waals surface area contributed by atoms with Gasteiger partial charge in [0, 0.05) is 39.3 Å². The maximum absolute atomic E-state index is 12.7. The number of ketones is 1. The van der Waals surface area contributed by atoms with Crippen LogP contribution in [0.1, 0.15) is 26.4 Å². The van der Waals surface area contributed by atoms with Gasteiger partial charge in [-0.1, -0.05) is 36.4 Å². The molecule has 2 aromatic heterocycles.